The highest BCUT2D eigenvalue weighted by Gasteiger charge is 2.29. The monoisotopic (exact) mass is 463 g/mol. The molecule has 8 nitrogen and oxygen atoms in total. The van der Waals surface area contributed by atoms with Gasteiger partial charge in [-0.05, 0) is 43.2 Å². The number of rotatable bonds is 8. The molecule has 31 heavy (non-hydrogen) atoms. The van der Waals surface area contributed by atoms with E-state index < -0.39 is 22.0 Å². The Labute approximate surface area is 185 Å². The number of hydrogen-bond donors (Lipinski definition) is 2. The molecule has 2 N–H and O–H groups in total. The third-order valence-electron chi connectivity index (χ3n) is 4.66. The summed E-state index contributed by atoms with van der Waals surface area (Å²) in [5.74, 6) is 0.218. The van der Waals surface area contributed by atoms with Crippen LogP contribution in [0.5, 0.6) is 11.5 Å². The van der Waals surface area contributed by atoms with Crippen molar-refractivity contribution in [3.63, 3.8) is 0 Å². The fourth-order valence-electron chi connectivity index (χ4n) is 3.05. The van der Waals surface area contributed by atoms with Gasteiger partial charge in [-0.25, -0.2) is 13.4 Å². The van der Waals surface area contributed by atoms with Crippen LogP contribution in [0.15, 0.2) is 41.3 Å². The fourth-order valence-corrected chi connectivity index (χ4v) is 5.36. The van der Waals surface area contributed by atoms with Crippen LogP contribution in [-0.2, 0) is 14.8 Å². The number of fused-ring (bicyclic) bond motifs is 1. The first-order valence-corrected chi connectivity index (χ1v) is 11.9. The molecule has 0 fully saturated rings. The summed E-state index contributed by atoms with van der Waals surface area (Å²) in [4.78, 5) is 17.4. The second kappa shape index (κ2) is 9.21. The number of thiazole rings is 1. The molecule has 3 rings (SSSR count). The molecule has 1 unspecified atom stereocenters. The van der Waals surface area contributed by atoms with Crippen LogP contribution in [0.1, 0.15) is 18.9 Å². The zero-order chi connectivity index (χ0) is 22.8. The van der Waals surface area contributed by atoms with Gasteiger partial charge in [0.1, 0.15) is 6.04 Å². The topological polar surface area (TPSA) is 107 Å². The normalized spacial score (nSPS) is 12.7. The first kappa shape index (κ1) is 23.0. The van der Waals surface area contributed by atoms with Gasteiger partial charge in [0.05, 0.1) is 34.3 Å². The van der Waals surface area contributed by atoms with Crippen molar-refractivity contribution in [1.82, 2.24) is 9.71 Å². The molecule has 0 saturated carbocycles. The first-order chi connectivity index (χ1) is 14.6. The van der Waals surface area contributed by atoms with Crippen molar-refractivity contribution in [3.8, 4) is 11.5 Å². The molecule has 1 amide bonds. The lowest BCUT2D eigenvalue weighted by atomic mass is 10.0. The van der Waals surface area contributed by atoms with E-state index in [1.165, 1.54) is 31.6 Å². The van der Waals surface area contributed by atoms with E-state index in [4.69, 9.17) is 9.47 Å². The Morgan fingerprint density at radius 1 is 1.06 bits per heavy atom. The number of nitrogens with zero attached hydrogens (tertiary/aromatic N) is 1. The van der Waals surface area contributed by atoms with E-state index in [9.17, 15) is 13.2 Å². The number of carbonyl (C=O) groups is 1. The van der Waals surface area contributed by atoms with Crippen molar-refractivity contribution in [1.29, 1.82) is 0 Å². The standard InChI is InChI=1S/C21H25N3O5S2/c1-12(2)20(21(25)23-14-6-9-17(28-4)18(10-14)29-5)24-31(26,27)15-7-8-16-19(11-15)30-13(3)22-16/h6-12,20,24H,1-5H3,(H,23,25). The first-order valence-electron chi connectivity index (χ1n) is 9.57. The number of aryl methyl sites for hydroxylation is 1. The van der Waals surface area contributed by atoms with Crippen molar-refractivity contribution in [2.45, 2.75) is 31.7 Å². The van der Waals surface area contributed by atoms with Crippen molar-refractivity contribution in [2.75, 3.05) is 19.5 Å². The predicted molar refractivity (Wildman–Crippen MR) is 121 cm³/mol. The Morgan fingerprint density at radius 3 is 2.42 bits per heavy atom. The van der Waals surface area contributed by atoms with Gasteiger partial charge in [0.2, 0.25) is 15.9 Å². The molecule has 166 valence electrons. The summed E-state index contributed by atoms with van der Waals surface area (Å²) < 4.78 is 39.7. The Morgan fingerprint density at radius 2 is 1.77 bits per heavy atom. The van der Waals surface area contributed by atoms with Gasteiger partial charge in [-0.2, -0.15) is 4.72 Å². The number of hydrogen-bond acceptors (Lipinski definition) is 7. The number of methoxy groups -OCH3 is 2. The highest BCUT2D eigenvalue weighted by atomic mass is 32.2. The molecule has 1 aromatic heterocycles. The minimum Gasteiger partial charge on any atom is -0.493 e. The largest absolute Gasteiger partial charge is 0.493 e. The van der Waals surface area contributed by atoms with Crippen molar-refractivity contribution in [3.05, 3.63) is 41.4 Å². The van der Waals surface area contributed by atoms with Gasteiger partial charge < -0.3 is 14.8 Å². The van der Waals surface area contributed by atoms with Crippen molar-refractivity contribution < 1.29 is 22.7 Å². The Balaban J connectivity index is 1.83. The molecule has 0 bridgehead atoms. The second-order valence-corrected chi connectivity index (χ2v) is 10.2. The Bertz CT molecular complexity index is 1200. The van der Waals surface area contributed by atoms with Crippen LogP contribution in [0.2, 0.25) is 0 Å². The van der Waals surface area contributed by atoms with E-state index >= 15 is 0 Å². The number of benzene rings is 2. The highest BCUT2D eigenvalue weighted by molar-refractivity contribution is 7.89. The summed E-state index contributed by atoms with van der Waals surface area (Å²) in [6.07, 6.45) is 0. The summed E-state index contributed by atoms with van der Waals surface area (Å²) in [7, 11) is -0.910. The highest BCUT2D eigenvalue weighted by Crippen LogP contribution is 2.30. The second-order valence-electron chi connectivity index (χ2n) is 7.26. The third-order valence-corrected chi connectivity index (χ3v) is 7.03. The molecular formula is C21H25N3O5S2. The van der Waals surface area contributed by atoms with Crippen LogP contribution in [0.4, 0.5) is 5.69 Å². The van der Waals surface area contributed by atoms with E-state index in [0.717, 1.165) is 15.2 Å². The van der Waals surface area contributed by atoms with E-state index in [0.29, 0.717) is 17.2 Å². The maximum Gasteiger partial charge on any atom is 0.242 e. The number of ether oxygens (including phenoxy) is 2. The maximum absolute atomic E-state index is 13.0. The minimum atomic E-state index is -3.92. The van der Waals surface area contributed by atoms with Gasteiger partial charge in [-0.1, -0.05) is 13.8 Å². The molecule has 1 heterocycles. The molecule has 0 aliphatic carbocycles. The fraction of sp³-hybridized carbons (Fsp3) is 0.333. The summed E-state index contributed by atoms with van der Waals surface area (Å²) in [6, 6.07) is 8.70. The van der Waals surface area contributed by atoms with Gasteiger partial charge in [-0.3, -0.25) is 4.79 Å². The van der Waals surface area contributed by atoms with Crippen LogP contribution < -0.4 is 19.5 Å². The number of amides is 1. The molecule has 1 atom stereocenters. The molecule has 2 aromatic carbocycles. The molecule has 0 aliphatic heterocycles. The number of nitrogens with one attached hydrogen (secondary N) is 2. The van der Waals surface area contributed by atoms with Gasteiger partial charge in [-0.15, -0.1) is 11.3 Å². The van der Waals surface area contributed by atoms with Gasteiger partial charge in [0.15, 0.2) is 11.5 Å². The predicted octanol–water partition coefficient (Wildman–Crippen LogP) is 3.56. The maximum atomic E-state index is 13.0. The van der Waals surface area contributed by atoms with Crippen LogP contribution in [0, 0.1) is 12.8 Å². The smallest absolute Gasteiger partial charge is 0.242 e. The molecule has 0 spiro atoms. The lowest BCUT2D eigenvalue weighted by molar-refractivity contribution is -0.118. The van der Waals surface area contributed by atoms with E-state index in [2.05, 4.69) is 15.0 Å². The van der Waals surface area contributed by atoms with E-state index in [1.807, 2.05) is 6.92 Å². The number of anilines is 1. The SMILES string of the molecule is COc1ccc(NC(=O)C(NS(=O)(=O)c2ccc3nc(C)sc3c2)C(C)C)cc1OC. The van der Waals surface area contributed by atoms with Crippen molar-refractivity contribution in [2.24, 2.45) is 5.92 Å². The quantitative estimate of drug-likeness (QED) is 0.529. The molecular weight excluding hydrogens is 438 g/mol. The lowest BCUT2D eigenvalue weighted by Crippen LogP contribution is -2.47. The van der Waals surface area contributed by atoms with Gasteiger partial charge in [0, 0.05) is 11.8 Å². The Hall–Kier alpha value is -2.69. The van der Waals surface area contributed by atoms with Gasteiger partial charge >= 0.3 is 0 Å². The van der Waals surface area contributed by atoms with Crippen LogP contribution >= 0.6 is 11.3 Å². The molecule has 0 radical (unpaired) electrons. The summed E-state index contributed by atoms with van der Waals surface area (Å²) in [6.45, 7) is 5.42. The number of sulfonamides is 1. The average molecular weight is 464 g/mol. The lowest BCUT2D eigenvalue weighted by Gasteiger charge is -2.22. The van der Waals surface area contributed by atoms with Crippen molar-refractivity contribution >= 4 is 43.2 Å². The zero-order valence-corrected chi connectivity index (χ0v) is 19.6. The summed E-state index contributed by atoms with van der Waals surface area (Å²) >= 11 is 1.42. The van der Waals surface area contributed by atoms with Crippen LogP contribution in [-0.4, -0.2) is 39.6 Å². The van der Waals surface area contributed by atoms with E-state index in [1.54, 1.807) is 44.2 Å². The van der Waals surface area contributed by atoms with Crippen LogP contribution in [0.25, 0.3) is 10.2 Å². The molecule has 10 heteroatoms. The van der Waals surface area contributed by atoms with Gasteiger partial charge in [0.25, 0.3) is 0 Å². The molecule has 3 aromatic rings. The summed E-state index contributed by atoms with van der Waals surface area (Å²) in [5.41, 5.74) is 1.21. The average Bonchev–Trinajstić information content (AvgIpc) is 3.10. The zero-order valence-electron chi connectivity index (χ0n) is 17.9. The van der Waals surface area contributed by atoms with Crippen LogP contribution in [0.3, 0.4) is 0 Å². The van der Waals surface area contributed by atoms with E-state index in [-0.39, 0.29) is 10.8 Å². The molecule has 0 saturated heterocycles. The third kappa shape index (κ3) is 5.15. The molecule has 0 aliphatic rings. The Kier molecular flexibility index (Phi) is 6.83. The summed E-state index contributed by atoms with van der Waals surface area (Å²) in [5, 5.41) is 3.60. The number of aromatic nitrogens is 1. The number of carbonyl (C=O) groups excluding carboxylic acids is 1. The minimum absolute atomic E-state index is 0.0909.